The summed E-state index contributed by atoms with van der Waals surface area (Å²) in [6, 6.07) is 8.86. The van der Waals surface area contributed by atoms with Gasteiger partial charge in [0.2, 0.25) is 0 Å². The molecule has 2 rings (SSSR count). The molecule has 1 aliphatic rings. The average molecular weight is 340 g/mol. The van der Waals surface area contributed by atoms with Gasteiger partial charge in [-0.1, -0.05) is 53.4 Å². The number of halogens is 1. The van der Waals surface area contributed by atoms with E-state index in [0.29, 0.717) is 18.1 Å². The van der Waals surface area contributed by atoms with E-state index < -0.39 is 0 Å². The van der Waals surface area contributed by atoms with Crippen molar-refractivity contribution in [3.05, 3.63) is 34.3 Å². The molecular formula is C17H26BrNO. The number of ether oxygens (including phenoxy) is 1. The maximum atomic E-state index is 5.88. The highest BCUT2D eigenvalue weighted by Crippen LogP contribution is 2.30. The Hall–Kier alpha value is -0.380. The lowest BCUT2D eigenvalue weighted by molar-refractivity contribution is 0.0101. The van der Waals surface area contributed by atoms with Crippen LogP contribution in [0.1, 0.15) is 37.7 Å². The minimum atomic E-state index is 0.312. The van der Waals surface area contributed by atoms with E-state index >= 15 is 0 Å². The van der Waals surface area contributed by atoms with Crippen LogP contribution in [0.25, 0.3) is 0 Å². The molecule has 2 nitrogen and oxygen atoms in total. The van der Waals surface area contributed by atoms with E-state index in [1.165, 1.54) is 42.1 Å². The van der Waals surface area contributed by atoms with E-state index in [2.05, 4.69) is 52.6 Å². The van der Waals surface area contributed by atoms with Gasteiger partial charge in [-0.25, -0.2) is 0 Å². The Morgan fingerprint density at radius 1 is 1.25 bits per heavy atom. The van der Waals surface area contributed by atoms with Crippen LogP contribution in [0.4, 0.5) is 0 Å². The van der Waals surface area contributed by atoms with Crippen molar-refractivity contribution in [1.29, 1.82) is 0 Å². The van der Waals surface area contributed by atoms with Gasteiger partial charge in [-0.2, -0.15) is 0 Å². The Labute approximate surface area is 131 Å². The van der Waals surface area contributed by atoms with Gasteiger partial charge >= 0.3 is 0 Å². The third-order valence-corrected chi connectivity index (χ3v) is 5.33. The summed E-state index contributed by atoms with van der Waals surface area (Å²) in [7, 11) is 3.92. The van der Waals surface area contributed by atoms with Crippen molar-refractivity contribution in [3.63, 3.8) is 0 Å². The summed E-state index contributed by atoms with van der Waals surface area (Å²) in [5.41, 5.74) is 1.35. The van der Waals surface area contributed by atoms with Gasteiger partial charge in [-0.3, -0.25) is 0 Å². The lowest BCUT2D eigenvalue weighted by Gasteiger charge is -2.35. The molecule has 0 amide bonds. The Morgan fingerprint density at radius 3 is 2.55 bits per heavy atom. The fraction of sp³-hybridized carbons (Fsp3) is 0.647. The zero-order valence-corrected chi connectivity index (χ0v) is 14.2. The maximum Gasteiger partial charge on any atom is 0.0755 e. The second kappa shape index (κ2) is 8.16. The standard InChI is InChI=1S/C17H26BrNO/c1-19-16(12-14-10-6-7-11-15(14)18)17(20-2)13-8-4-3-5-9-13/h6-7,10-11,13,16-17,19H,3-5,8-9,12H2,1-2H3. The molecular weight excluding hydrogens is 314 g/mol. The van der Waals surface area contributed by atoms with Crippen molar-refractivity contribution in [2.24, 2.45) is 5.92 Å². The Kier molecular flexibility index (Phi) is 6.53. The quantitative estimate of drug-likeness (QED) is 0.839. The number of hydrogen-bond acceptors (Lipinski definition) is 2. The number of nitrogens with one attached hydrogen (secondary N) is 1. The number of methoxy groups -OCH3 is 1. The predicted molar refractivity (Wildman–Crippen MR) is 88.1 cm³/mol. The van der Waals surface area contributed by atoms with Crippen LogP contribution in [-0.4, -0.2) is 26.3 Å². The summed E-state index contributed by atoms with van der Waals surface area (Å²) in [5, 5.41) is 3.48. The third-order valence-electron chi connectivity index (χ3n) is 4.55. The molecule has 2 unspecified atom stereocenters. The molecule has 1 N–H and O–H groups in total. The van der Waals surface area contributed by atoms with E-state index in [1.54, 1.807) is 0 Å². The highest BCUT2D eigenvalue weighted by Gasteiger charge is 2.30. The van der Waals surface area contributed by atoms with Crippen molar-refractivity contribution >= 4 is 15.9 Å². The van der Waals surface area contributed by atoms with Gasteiger partial charge in [0.15, 0.2) is 0 Å². The molecule has 0 heterocycles. The van der Waals surface area contributed by atoms with Crippen LogP contribution in [0.3, 0.4) is 0 Å². The van der Waals surface area contributed by atoms with Crippen molar-refractivity contribution in [1.82, 2.24) is 5.32 Å². The van der Waals surface area contributed by atoms with Gasteiger partial charge < -0.3 is 10.1 Å². The molecule has 0 bridgehead atoms. The molecule has 1 aromatic carbocycles. The molecule has 1 aromatic rings. The minimum Gasteiger partial charge on any atom is -0.380 e. The predicted octanol–water partition coefficient (Wildman–Crippen LogP) is 4.17. The molecule has 112 valence electrons. The highest BCUT2D eigenvalue weighted by atomic mass is 79.9. The van der Waals surface area contributed by atoms with E-state index in [9.17, 15) is 0 Å². The number of hydrogen-bond donors (Lipinski definition) is 1. The van der Waals surface area contributed by atoms with Crippen LogP contribution in [-0.2, 0) is 11.2 Å². The molecule has 2 atom stereocenters. The van der Waals surface area contributed by atoms with Crippen LogP contribution in [0, 0.1) is 5.92 Å². The van der Waals surface area contributed by atoms with Gasteiger partial charge in [0.05, 0.1) is 6.10 Å². The monoisotopic (exact) mass is 339 g/mol. The third kappa shape index (κ3) is 4.06. The fourth-order valence-electron chi connectivity index (χ4n) is 3.43. The van der Waals surface area contributed by atoms with Gasteiger partial charge in [-0.15, -0.1) is 0 Å². The zero-order valence-electron chi connectivity index (χ0n) is 12.6. The molecule has 0 aliphatic heterocycles. The molecule has 1 saturated carbocycles. The Bertz CT molecular complexity index is 404. The lowest BCUT2D eigenvalue weighted by atomic mass is 9.81. The second-order valence-electron chi connectivity index (χ2n) is 5.79. The van der Waals surface area contributed by atoms with Crippen LogP contribution in [0.5, 0.6) is 0 Å². The molecule has 0 saturated heterocycles. The summed E-state index contributed by atoms with van der Waals surface area (Å²) in [4.78, 5) is 0. The van der Waals surface area contributed by atoms with E-state index in [-0.39, 0.29) is 0 Å². The first-order valence-electron chi connectivity index (χ1n) is 7.69. The molecule has 0 spiro atoms. The van der Waals surface area contributed by atoms with Crippen LogP contribution < -0.4 is 5.32 Å². The summed E-state index contributed by atoms with van der Waals surface area (Å²) >= 11 is 3.65. The topological polar surface area (TPSA) is 21.3 Å². The first-order chi connectivity index (χ1) is 9.76. The molecule has 1 fully saturated rings. The van der Waals surface area contributed by atoms with Crippen LogP contribution in [0.15, 0.2) is 28.7 Å². The summed E-state index contributed by atoms with van der Waals surface area (Å²) in [5.74, 6) is 0.702. The van der Waals surface area contributed by atoms with E-state index in [1.807, 2.05) is 7.11 Å². The van der Waals surface area contributed by atoms with Crippen molar-refractivity contribution in [2.45, 2.75) is 50.7 Å². The maximum absolute atomic E-state index is 5.88. The molecule has 20 heavy (non-hydrogen) atoms. The van der Waals surface area contributed by atoms with Gasteiger partial charge in [0.1, 0.15) is 0 Å². The van der Waals surface area contributed by atoms with Gasteiger partial charge in [0, 0.05) is 17.6 Å². The van der Waals surface area contributed by atoms with Crippen molar-refractivity contribution < 1.29 is 4.74 Å². The molecule has 0 radical (unpaired) electrons. The Balaban J connectivity index is 2.06. The Morgan fingerprint density at radius 2 is 1.95 bits per heavy atom. The summed E-state index contributed by atoms with van der Waals surface area (Å²) < 4.78 is 7.07. The SMILES string of the molecule is CNC(Cc1ccccc1Br)C(OC)C1CCCCC1. The number of likely N-dealkylation sites (N-methyl/N-ethyl adjacent to an activating group) is 1. The van der Waals surface area contributed by atoms with Crippen molar-refractivity contribution in [2.75, 3.05) is 14.2 Å². The minimum absolute atomic E-state index is 0.312. The van der Waals surface area contributed by atoms with Crippen molar-refractivity contribution in [3.8, 4) is 0 Å². The molecule has 3 heteroatoms. The normalized spacial score (nSPS) is 19.8. The number of rotatable bonds is 6. The average Bonchev–Trinajstić information content (AvgIpc) is 2.50. The first kappa shape index (κ1) is 16.0. The summed E-state index contributed by atoms with van der Waals surface area (Å²) in [6.45, 7) is 0. The second-order valence-corrected chi connectivity index (χ2v) is 6.64. The fourth-order valence-corrected chi connectivity index (χ4v) is 3.88. The van der Waals surface area contributed by atoms with Gasteiger partial charge in [-0.05, 0) is 43.9 Å². The van der Waals surface area contributed by atoms with Crippen LogP contribution >= 0.6 is 15.9 Å². The smallest absolute Gasteiger partial charge is 0.0755 e. The van der Waals surface area contributed by atoms with Gasteiger partial charge in [0.25, 0.3) is 0 Å². The zero-order chi connectivity index (χ0) is 14.4. The first-order valence-corrected chi connectivity index (χ1v) is 8.49. The number of benzene rings is 1. The largest absolute Gasteiger partial charge is 0.380 e. The van der Waals surface area contributed by atoms with Crippen LogP contribution in [0.2, 0.25) is 0 Å². The lowest BCUT2D eigenvalue weighted by Crippen LogP contribution is -2.45. The molecule has 1 aliphatic carbocycles. The van der Waals surface area contributed by atoms with E-state index in [4.69, 9.17) is 4.74 Å². The highest BCUT2D eigenvalue weighted by molar-refractivity contribution is 9.10. The van der Waals surface area contributed by atoms with E-state index in [0.717, 1.165) is 6.42 Å². The summed E-state index contributed by atoms with van der Waals surface area (Å²) in [6.07, 6.45) is 8.05. The molecule has 0 aromatic heterocycles.